The lowest BCUT2D eigenvalue weighted by molar-refractivity contribution is -0.137. The van der Waals surface area contributed by atoms with Crippen molar-refractivity contribution in [1.82, 2.24) is 9.80 Å². The number of rotatable bonds is 7. The summed E-state index contributed by atoms with van der Waals surface area (Å²) in [5, 5.41) is 2.12. The molecule has 0 fully saturated rings. The molecule has 2 aliphatic heterocycles. The molecule has 32 heavy (non-hydrogen) atoms. The minimum absolute atomic E-state index is 0.0710. The van der Waals surface area contributed by atoms with E-state index in [4.69, 9.17) is 9.98 Å². The Hall–Kier alpha value is -1.02. The minimum atomic E-state index is -0.474. The van der Waals surface area contributed by atoms with Crippen molar-refractivity contribution in [3.63, 3.8) is 0 Å². The van der Waals surface area contributed by atoms with Crippen molar-refractivity contribution in [2.24, 2.45) is 9.98 Å². The van der Waals surface area contributed by atoms with Gasteiger partial charge in [0.15, 0.2) is 0 Å². The van der Waals surface area contributed by atoms with Crippen LogP contribution in [0, 0.1) is 0 Å². The molecule has 2 amide bonds. The molecule has 2 heterocycles. The van der Waals surface area contributed by atoms with Crippen LogP contribution in [0.5, 0.6) is 0 Å². The lowest BCUT2D eigenvalue weighted by Crippen LogP contribution is -2.54. The molecular formula is C24H42N4O2S2. The van der Waals surface area contributed by atoms with E-state index in [0.29, 0.717) is 0 Å². The summed E-state index contributed by atoms with van der Waals surface area (Å²) in [6.45, 7) is 19.6. The number of hydrogen-bond acceptors (Lipinski definition) is 6. The van der Waals surface area contributed by atoms with Gasteiger partial charge in [-0.2, -0.15) is 0 Å². The largest absolute Gasteiger partial charge is 0.307 e. The molecule has 0 atom stereocenters. The van der Waals surface area contributed by atoms with Crippen molar-refractivity contribution in [1.29, 1.82) is 0 Å². The zero-order chi connectivity index (χ0) is 24.5. The van der Waals surface area contributed by atoms with Gasteiger partial charge >= 0.3 is 0 Å². The first-order valence-corrected chi connectivity index (χ1v) is 13.6. The maximum absolute atomic E-state index is 12.1. The highest BCUT2D eigenvalue weighted by Gasteiger charge is 2.49. The number of carbonyl (C=O) groups excluding carboxylic acids is 2. The summed E-state index contributed by atoms with van der Waals surface area (Å²) in [5.74, 6) is 2.20. The van der Waals surface area contributed by atoms with Crippen molar-refractivity contribution in [3.05, 3.63) is 0 Å². The van der Waals surface area contributed by atoms with Crippen LogP contribution in [-0.2, 0) is 9.59 Å². The Balaban J connectivity index is 1.72. The van der Waals surface area contributed by atoms with Gasteiger partial charge in [0.25, 0.3) is 0 Å². The van der Waals surface area contributed by atoms with Gasteiger partial charge in [0.1, 0.15) is 11.3 Å². The molecule has 0 aromatic rings. The van der Waals surface area contributed by atoms with Crippen LogP contribution in [0.4, 0.5) is 0 Å². The second-order valence-corrected chi connectivity index (χ2v) is 12.9. The van der Waals surface area contributed by atoms with Crippen LogP contribution in [0.25, 0.3) is 0 Å². The van der Waals surface area contributed by atoms with E-state index < -0.39 is 11.3 Å². The maximum Gasteiger partial charge on any atom is 0.222 e. The number of aliphatic imine (C=N–C) groups is 2. The van der Waals surface area contributed by atoms with E-state index in [-0.39, 0.29) is 22.9 Å². The molecule has 0 saturated heterocycles. The Morgan fingerprint density at radius 2 is 0.969 bits per heavy atom. The van der Waals surface area contributed by atoms with Crippen LogP contribution in [-0.4, -0.2) is 65.6 Å². The Bertz CT molecular complexity index is 734. The monoisotopic (exact) mass is 482 g/mol. The van der Waals surface area contributed by atoms with Gasteiger partial charge in [-0.3, -0.25) is 19.6 Å². The third kappa shape index (κ3) is 5.54. The van der Waals surface area contributed by atoms with Crippen LogP contribution >= 0.6 is 23.5 Å². The van der Waals surface area contributed by atoms with Crippen molar-refractivity contribution in [2.45, 2.75) is 117 Å². The number of carbonyl (C=O) groups is 2. The summed E-state index contributed by atoms with van der Waals surface area (Å²) in [6.07, 6.45) is 4.65. The normalized spacial score (nSPS) is 22.7. The van der Waals surface area contributed by atoms with Crippen LogP contribution in [0.3, 0.4) is 0 Å². The van der Waals surface area contributed by atoms with E-state index in [9.17, 15) is 9.59 Å². The van der Waals surface area contributed by atoms with Crippen molar-refractivity contribution in [3.8, 4) is 0 Å². The highest BCUT2D eigenvalue weighted by atomic mass is 32.2. The second-order valence-electron chi connectivity index (χ2n) is 10.8. The number of hydrogen-bond donors (Lipinski definition) is 0. The van der Waals surface area contributed by atoms with E-state index in [1.807, 2.05) is 37.5 Å². The van der Waals surface area contributed by atoms with Crippen LogP contribution in [0.15, 0.2) is 9.98 Å². The molecule has 0 aromatic heterocycles. The second kappa shape index (κ2) is 9.69. The van der Waals surface area contributed by atoms with Crippen LogP contribution < -0.4 is 0 Å². The Morgan fingerprint density at radius 3 is 1.22 bits per heavy atom. The Kier molecular flexibility index (Phi) is 8.24. The summed E-state index contributed by atoms with van der Waals surface area (Å²) < 4.78 is 0. The topological polar surface area (TPSA) is 65.3 Å². The molecule has 6 nitrogen and oxygen atoms in total. The van der Waals surface area contributed by atoms with Gasteiger partial charge in [0.2, 0.25) is 11.8 Å². The van der Waals surface area contributed by atoms with Crippen molar-refractivity contribution < 1.29 is 9.59 Å². The number of unbranched alkanes of at least 4 members (excludes halogenated alkanes) is 3. The predicted octanol–water partition coefficient (Wildman–Crippen LogP) is 5.56. The molecule has 0 radical (unpaired) electrons. The molecule has 0 aromatic carbocycles. The Labute approximate surface area is 203 Å². The molecule has 182 valence electrons. The van der Waals surface area contributed by atoms with Gasteiger partial charge in [0.05, 0.1) is 21.2 Å². The first-order valence-electron chi connectivity index (χ1n) is 11.6. The summed E-state index contributed by atoms with van der Waals surface area (Å²) in [6, 6.07) is 0. The third-order valence-electron chi connectivity index (χ3n) is 6.16. The zero-order valence-corrected chi connectivity index (χ0v) is 23.3. The average Bonchev–Trinajstić information content (AvgIpc) is 2.90. The fourth-order valence-corrected chi connectivity index (χ4v) is 7.85. The van der Waals surface area contributed by atoms with E-state index >= 15 is 0 Å². The molecule has 2 rings (SSSR count). The molecule has 0 spiro atoms. The zero-order valence-electron chi connectivity index (χ0n) is 21.7. The highest BCUT2D eigenvalue weighted by molar-refractivity contribution is 8.14. The SMILES string of the molecule is CC(=O)N1C(C)(C)N=C(SCCCCCCSC2=NC(C)(C)N(C(C)=O)C2(C)C)C1(C)C. The van der Waals surface area contributed by atoms with Gasteiger partial charge in [-0.1, -0.05) is 12.8 Å². The number of thioether (sulfide) groups is 2. The molecule has 0 bridgehead atoms. The third-order valence-corrected chi connectivity index (χ3v) is 8.87. The maximum atomic E-state index is 12.1. The quantitative estimate of drug-likeness (QED) is 0.445. The number of nitrogens with zero attached hydrogens (tertiary/aromatic N) is 4. The van der Waals surface area contributed by atoms with E-state index in [1.165, 1.54) is 12.8 Å². The van der Waals surface area contributed by atoms with Gasteiger partial charge < -0.3 is 9.80 Å². The first-order chi connectivity index (χ1) is 14.5. The molecule has 0 saturated carbocycles. The number of amides is 2. The molecule has 2 aliphatic rings. The lowest BCUT2D eigenvalue weighted by atomic mass is 10.0. The predicted molar refractivity (Wildman–Crippen MR) is 140 cm³/mol. The Morgan fingerprint density at radius 1 is 0.656 bits per heavy atom. The fourth-order valence-electron chi connectivity index (χ4n) is 5.30. The van der Waals surface area contributed by atoms with Crippen molar-refractivity contribution >= 4 is 45.4 Å². The average molecular weight is 483 g/mol. The summed E-state index contributed by atoms with van der Waals surface area (Å²) in [5.41, 5.74) is -1.63. The molecule has 8 heteroatoms. The van der Waals surface area contributed by atoms with E-state index in [1.54, 1.807) is 37.4 Å². The lowest BCUT2D eigenvalue weighted by Gasteiger charge is -2.39. The van der Waals surface area contributed by atoms with Gasteiger partial charge in [-0.05, 0) is 79.7 Å². The summed E-state index contributed by atoms with van der Waals surface area (Å²) in [7, 11) is 0. The van der Waals surface area contributed by atoms with Gasteiger partial charge in [-0.15, -0.1) is 23.5 Å². The molecule has 0 aliphatic carbocycles. The van der Waals surface area contributed by atoms with E-state index in [0.717, 1.165) is 34.4 Å². The van der Waals surface area contributed by atoms with Crippen LogP contribution in [0.1, 0.15) is 94.9 Å². The highest BCUT2D eigenvalue weighted by Crippen LogP contribution is 2.40. The summed E-state index contributed by atoms with van der Waals surface area (Å²) >= 11 is 3.59. The standard InChI is InChI=1S/C24H42N4O2S2/c1-17(29)27-21(3,4)19(25-23(27,7)8)31-15-13-11-12-14-16-32-20-22(5,6)28(18(2)30)24(9,10)26-20/h11-16H2,1-10H3. The van der Waals surface area contributed by atoms with Gasteiger partial charge in [-0.25, -0.2) is 0 Å². The smallest absolute Gasteiger partial charge is 0.222 e. The minimum Gasteiger partial charge on any atom is -0.307 e. The van der Waals surface area contributed by atoms with Gasteiger partial charge in [0, 0.05) is 13.8 Å². The molecule has 0 unspecified atom stereocenters. The van der Waals surface area contributed by atoms with Crippen molar-refractivity contribution in [2.75, 3.05) is 11.5 Å². The summed E-state index contributed by atoms with van der Waals surface area (Å²) in [4.78, 5) is 37.8. The molecule has 0 N–H and O–H groups in total. The first kappa shape index (κ1) is 27.2. The molecular weight excluding hydrogens is 440 g/mol. The fraction of sp³-hybridized carbons (Fsp3) is 0.833. The van der Waals surface area contributed by atoms with Crippen LogP contribution in [0.2, 0.25) is 0 Å². The van der Waals surface area contributed by atoms with E-state index in [2.05, 4.69) is 27.7 Å².